The first-order chi connectivity index (χ1) is 13.5. The van der Waals surface area contributed by atoms with Crippen molar-refractivity contribution in [1.29, 1.82) is 0 Å². The summed E-state index contributed by atoms with van der Waals surface area (Å²) in [7, 11) is 1.45. The molecule has 1 aliphatic heterocycles. The van der Waals surface area contributed by atoms with E-state index in [4.69, 9.17) is 9.47 Å². The average Bonchev–Trinajstić information content (AvgIpc) is 2.69. The zero-order chi connectivity index (χ0) is 19.9. The van der Waals surface area contributed by atoms with Crippen LogP contribution in [0.1, 0.15) is 5.56 Å². The molecule has 1 N–H and O–H groups in total. The van der Waals surface area contributed by atoms with Crippen LogP contribution in [0.25, 0.3) is 0 Å². The van der Waals surface area contributed by atoms with Crippen molar-refractivity contribution in [1.82, 2.24) is 9.80 Å². The molecule has 5 nitrogen and oxygen atoms in total. The number of hydrogen-bond acceptors (Lipinski definition) is 5. The van der Waals surface area contributed by atoms with Gasteiger partial charge in [0.05, 0.1) is 7.11 Å². The first-order valence-corrected chi connectivity index (χ1v) is 9.37. The Labute approximate surface area is 164 Å². The Balaban J connectivity index is 1.40. The molecule has 1 atom stereocenters. The molecular formula is C21H26F2N2O3. The lowest BCUT2D eigenvalue weighted by atomic mass is 10.1. The summed E-state index contributed by atoms with van der Waals surface area (Å²) >= 11 is 0. The number of nitrogens with zero attached hydrogens (tertiary/aromatic N) is 2. The molecule has 0 spiro atoms. The topological polar surface area (TPSA) is 45.2 Å². The van der Waals surface area contributed by atoms with Gasteiger partial charge in [0.25, 0.3) is 0 Å². The van der Waals surface area contributed by atoms with E-state index in [0.29, 0.717) is 13.1 Å². The number of aliphatic hydroxyl groups excluding tert-OH is 1. The molecule has 0 amide bonds. The standard InChI is InChI=1S/C21H26F2N2O3/c1-27-20-7-6-16(12-19(20)23)13-24-8-10-25(11-9-24)14-17(26)15-28-21-5-3-2-4-18(21)22/h2-7,12,17,26H,8-11,13-15H2,1H3. The van der Waals surface area contributed by atoms with E-state index >= 15 is 0 Å². The predicted octanol–water partition coefficient (Wildman–Crippen LogP) is 2.53. The Hall–Kier alpha value is -2.22. The molecule has 7 heteroatoms. The van der Waals surface area contributed by atoms with Crippen LogP contribution in [-0.2, 0) is 6.54 Å². The average molecular weight is 392 g/mol. The van der Waals surface area contributed by atoms with Crippen molar-refractivity contribution in [3.05, 3.63) is 59.7 Å². The van der Waals surface area contributed by atoms with Gasteiger partial charge >= 0.3 is 0 Å². The van der Waals surface area contributed by atoms with Gasteiger partial charge in [-0.05, 0) is 29.8 Å². The van der Waals surface area contributed by atoms with Crippen LogP contribution in [-0.4, -0.2) is 67.5 Å². The van der Waals surface area contributed by atoms with Crippen LogP contribution in [0, 0.1) is 11.6 Å². The van der Waals surface area contributed by atoms with Crippen LogP contribution >= 0.6 is 0 Å². The zero-order valence-corrected chi connectivity index (χ0v) is 16.0. The Morgan fingerprint density at radius 1 is 0.964 bits per heavy atom. The van der Waals surface area contributed by atoms with Gasteiger partial charge in [-0.25, -0.2) is 8.78 Å². The van der Waals surface area contributed by atoms with E-state index in [1.165, 1.54) is 19.2 Å². The lowest BCUT2D eigenvalue weighted by Gasteiger charge is -2.35. The third-order valence-corrected chi connectivity index (χ3v) is 4.82. The second kappa shape index (κ2) is 9.82. The van der Waals surface area contributed by atoms with Crippen molar-refractivity contribution < 1.29 is 23.4 Å². The van der Waals surface area contributed by atoms with Crippen LogP contribution < -0.4 is 9.47 Å². The van der Waals surface area contributed by atoms with Gasteiger partial charge < -0.3 is 14.6 Å². The molecule has 2 aromatic rings. The monoisotopic (exact) mass is 392 g/mol. The van der Waals surface area contributed by atoms with E-state index < -0.39 is 11.9 Å². The highest BCUT2D eigenvalue weighted by atomic mass is 19.1. The van der Waals surface area contributed by atoms with Crippen LogP contribution in [0.4, 0.5) is 8.78 Å². The second-order valence-electron chi connectivity index (χ2n) is 6.94. The van der Waals surface area contributed by atoms with Crippen LogP contribution in [0.2, 0.25) is 0 Å². The van der Waals surface area contributed by atoms with Gasteiger partial charge in [0.1, 0.15) is 12.7 Å². The molecule has 0 radical (unpaired) electrons. The summed E-state index contributed by atoms with van der Waals surface area (Å²) in [6.07, 6.45) is -0.693. The van der Waals surface area contributed by atoms with E-state index in [0.717, 1.165) is 31.7 Å². The van der Waals surface area contributed by atoms with Crippen LogP contribution in [0.5, 0.6) is 11.5 Å². The van der Waals surface area contributed by atoms with Crippen molar-refractivity contribution in [3.8, 4) is 11.5 Å². The smallest absolute Gasteiger partial charge is 0.165 e. The molecular weight excluding hydrogens is 366 g/mol. The Morgan fingerprint density at radius 3 is 2.36 bits per heavy atom. The number of para-hydroxylation sites is 1. The summed E-state index contributed by atoms with van der Waals surface area (Å²) < 4.78 is 37.7. The number of benzene rings is 2. The molecule has 28 heavy (non-hydrogen) atoms. The van der Waals surface area contributed by atoms with Gasteiger partial charge in [0.15, 0.2) is 23.1 Å². The third kappa shape index (κ3) is 5.64. The van der Waals surface area contributed by atoms with Crippen molar-refractivity contribution >= 4 is 0 Å². The van der Waals surface area contributed by atoms with Crippen LogP contribution in [0.3, 0.4) is 0 Å². The number of rotatable bonds is 8. The number of piperazine rings is 1. The normalized spacial score (nSPS) is 16.7. The summed E-state index contributed by atoms with van der Waals surface area (Å²) in [5.41, 5.74) is 0.907. The highest BCUT2D eigenvalue weighted by molar-refractivity contribution is 5.29. The summed E-state index contributed by atoms with van der Waals surface area (Å²) in [6, 6.07) is 11.2. The molecule has 0 aromatic heterocycles. The van der Waals surface area contributed by atoms with E-state index in [1.54, 1.807) is 24.3 Å². The van der Waals surface area contributed by atoms with E-state index in [-0.39, 0.29) is 23.9 Å². The number of aliphatic hydroxyl groups is 1. The number of hydrogen-bond donors (Lipinski definition) is 1. The molecule has 3 rings (SSSR count). The minimum Gasteiger partial charge on any atom is -0.494 e. The van der Waals surface area contributed by atoms with E-state index in [9.17, 15) is 13.9 Å². The predicted molar refractivity (Wildman–Crippen MR) is 103 cm³/mol. The van der Waals surface area contributed by atoms with Gasteiger partial charge in [-0.15, -0.1) is 0 Å². The molecule has 1 heterocycles. The zero-order valence-electron chi connectivity index (χ0n) is 16.0. The molecule has 152 valence electrons. The SMILES string of the molecule is COc1ccc(CN2CCN(CC(O)COc3ccccc3F)CC2)cc1F. The lowest BCUT2D eigenvalue weighted by molar-refractivity contribution is 0.0437. The van der Waals surface area contributed by atoms with Gasteiger partial charge in [-0.2, -0.15) is 0 Å². The second-order valence-corrected chi connectivity index (χ2v) is 6.94. The number of methoxy groups -OCH3 is 1. The van der Waals surface area contributed by atoms with Crippen molar-refractivity contribution in [3.63, 3.8) is 0 Å². The largest absolute Gasteiger partial charge is 0.494 e. The number of ether oxygens (including phenoxy) is 2. The number of halogens is 2. The first kappa shape index (κ1) is 20.5. The maximum atomic E-state index is 13.8. The highest BCUT2D eigenvalue weighted by Gasteiger charge is 2.20. The molecule has 0 saturated carbocycles. The highest BCUT2D eigenvalue weighted by Crippen LogP contribution is 2.19. The maximum absolute atomic E-state index is 13.8. The van der Waals surface area contributed by atoms with Gasteiger partial charge in [0.2, 0.25) is 0 Å². The van der Waals surface area contributed by atoms with E-state index in [1.807, 2.05) is 6.07 Å². The summed E-state index contributed by atoms with van der Waals surface area (Å²) in [5, 5.41) is 10.2. The van der Waals surface area contributed by atoms with Gasteiger partial charge in [-0.1, -0.05) is 18.2 Å². The number of β-amino-alcohol motifs (C(OH)–C–C–N with tert-alkyl or cyclic N) is 1. The van der Waals surface area contributed by atoms with Crippen LogP contribution in [0.15, 0.2) is 42.5 Å². The lowest BCUT2D eigenvalue weighted by Crippen LogP contribution is -2.48. The Morgan fingerprint density at radius 2 is 1.68 bits per heavy atom. The minimum absolute atomic E-state index is 0.0479. The Bertz CT molecular complexity index is 767. The fourth-order valence-corrected chi connectivity index (χ4v) is 3.29. The molecule has 1 saturated heterocycles. The van der Waals surface area contributed by atoms with Crippen molar-refractivity contribution in [2.45, 2.75) is 12.6 Å². The fraction of sp³-hybridized carbons (Fsp3) is 0.429. The minimum atomic E-state index is -0.693. The van der Waals surface area contributed by atoms with Gasteiger partial charge in [-0.3, -0.25) is 9.80 Å². The van der Waals surface area contributed by atoms with Gasteiger partial charge in [0, 0.05) is 39.3 Å². The quantitative estimate of drug-likeness (QED) is 0.748. The molecule has 1 unspecified atom stereocenters. The fourth-order valence-electron chi connectivity index (χ4n) is 3.29. The molecule has 2 aromatic carbocycles. The molecule has 0 bridgehead atoms. The first-order valence-electron chi connectivity index (χ1n) is 9.37. The summed E-state index contributed by atoms with van der Waals surface area (Å²) in [6.45, 7) is 4.45. The maximum Gasteiger partial charge on any atom is 0.165 e. The van der Waals surface area contributed by atoms with E-state index in [2.05, 4.69) is 9.80 Å². The third-order valence-electron chi connectivity index (χ3n) is 4.82. The van der Waals surface area contributed by atoms with Crippen molar-refractivity contribution in [2.24, 2.45) is 0 Å². The molecule has 0 aliphatic carbocycles. The summed E-state index contributed by atoms with van der Waals surface area (Å²) in [5.74, 6) is -0.381. The summed E-state index contributed by atoms with van der Waals surface area (Å²) in [4.78, 5) is 4.40. The molecule has 1 fully saturated rings. The Kier molecular flexibility index (Phi) is 7.19. The van der Waals surface area contributed by atoms with Crippen molar-refractivity contribution in [2.75, 3.05) is 46.4 Å². The molecule has 1 aliphatic rings.